The molecule has 9 nitrogen and oxygen atoms in total. The number of nitrogens with zero attached hydrogens (tertiary/aromatic N) is 1. The zero-order chi connectivity index (χ0) is 26.0. The number of benzene rings is 2. The molecule has 2 aromatic carbocycles. The summed E-state index contributed by atoms with van der Waals surface area (Å²) < 4.78 is 29.3. The fraction of sp³-hybridized carbons (Fsp3) is 0.333. The average Bonchev–Trinajstić information content (AvgIpc) is 2.82. The van der Waals surface area contributed by atoms with E-state index in [4.69, 9.17) is 9.47 Å². The summed E-state index contributed by atoms with van der Waals surface area (Å²) in [6.07, 6.45) is 1.40. The monoisotopic (exact) mass is 551 g/mol. The molecule has 0 heterocycles. The molecule has 2 N–H and O–H groups in total. The van der Waals surface area contributed by atoms with Crippen molar-refractivity contribution in [1.29, 1.82) is 0 Å². The maximum atomic E-state index is 13.1. The number of halogens is 2. The van der Waals surface area contributed by atoms with E-state index in [0.717, 1.165) is 0 Å². The summed E-state index contributed by atoms with van der Waals surface area (Å²) in [6.45, 7) is 5.40. The van der Waals surface area contributed by atoms with E-state index in [1.54, 1.807) is 32.9 Å². The van der Waals surface area contributed by atoms with Crippen LogP contribution in [0, 0.1) is 11.7 Å². The lowest BCUT2D eigenvalue weighted by atomic mass is 10.0. The number of hydrogen-bond donors (Lipinski definition) is 2. The number of methoxy groups -OCH3 is 1. The van der Waals surface area contributed by atoms with Gasteiger partial charge in [0, 0.05) is 5.56 Å². The van der Waals surface area contributed by atoms with Crippen molar-refractivity contribution in [3.05, 3.63) is 57.8 Å². The highest BCUT2D eigenvalue weighted by Crippen LogP contribution is 2.36. The summed E-state index contributed by atoms with van der Waals surface area (Å²) in [5.41, 5.74) is 3.22. The van der Waals surface area contributed by atoms with Gasteiger partial charge in [0.25, 0.3) is 11.8 Å². The summed E-state index contributed by atoms with van der Waals surface area (Å²) >= 11 is 3.38. The van der Waals surface area contributed by atoms with E-state index < -0.39 is 29.6 Å². The second-order valence-corrected chi connectivity index (χ2v) is 8.42. The number of rotatable bonds is 11. The van der Waals surface area contributed by atoms with Crippen molar-refractivity contribution in [2.24, 2.45) is 11.0 Å². The fourth-order valence-corrected chi connectivity index (χ4v) is 3.43. The average molecular weight is 552 g/mol. The number of carbonyl (C=O) groups excluding carboxylic acids is 3. The van der Waals surface area contributed by atoms with Crippen LogP contribution in [-0.2, 0) is 14.3 Å². The number of carbonyl (C=O) groups is 3. The lowest BCUT2D eigenvalue weighted by molar-refractivity contribution is -0.143. The molecule has 2 aromatic rings. The number of amides is 2. The van der Waals surface area contributed by atoms with Crippen LogP contribution in [0.3, 0.4) is 0 Å². The van der Waals surface area contributed by atoms with Crippen molar-refractivity contribution in [2.45, 2.75) is 26.8 Å². The highest BCUT2D eigenvalue weighted by Gasteiger charge is 2.24. The van der Waals surface area contributed by atoms with Crippen LogP contribution in [0.1, 0.15) is 36.7 Å². The van der Waals surface area contributed by atoms with Crippen molar-refractivity contribution in [3.8, 4) is 11.5 Å². The summed E-state index contributed by atoms with van der Waals surface area (Å²) in [4.78, 5) is 36.5. The molecule has 188 valence electrons. The minimum absolute atomic E-state index is 0.233. The van der Waals surface area contributed by atoms with Gasteiger partial charge < -0.3 is 19.5 Å². The van der Waals surface area contributed by atoms with Gasteiger partial charge in [-0.25, -0.2) is 14.6 Å². The van der Waals surface area contributed by atoms with Crippen molar-refractivity contribution in [3.63, 3.8) is 0 Å². The molecular formula is C24H27BrFN3O6. The summed E-state index contributed by atoms with van der Waals surface area (Å²) in [7, 11) is 1.26. The Balaban J connectivity index is 2.10. The normalized spacial score (nSPS) is 11.7. The first kappa shape index (κ1) is 27.8. The Bertz CT molecular complexity index is 1080. The Hall–Kier alpha value is -3.47. The largest absolute Gasteiger partial charge is 0.490 e. The number of hydrazone groups is 1. The van der Waals surface area contributed by atoms with Gasteiger partial charge >= 0.3 is 5.97 Å². The summed E-state index contributed by atoms with van der Waals surface area (Å²) in [5, 5.41) is 6.62. The van der Waals surface area contributed by atoms with Crippen molar-refractivity contribution in [1.82, 2.24) is 10.7 Å². The predicted octanol–water partition coefficient (Wildman–Crippen LogP) is 3.44. The van der Waals surface area contributed by atoms with Gasteiger partial charge in [-0.1, -0.05) is 13.8 Å². The Morgan fingerprint density at radius 2 is 1.83 bits per heavy atom. The number of esters is 1. The smallest absolute Gasteiger partial charge is 0.343 e. The standard InChI is InChI=1S/C24H27BrFN3O6/c1-5-34-19-11-15(10-18(25)22(19)35-13-20(30)33-4)12-27-29-24(32)21(14(2)3)28-23(31)16-6-8-17(26)9-7-16/h6-12,14,21H,5,13H2,1-4H3,(H,28,31)(H,29,32)/b27-12+. The van der Waals surface area contributed by atoms with Gasteiger partial charge in [0.1, 0.15) is 11.9 Å². The van der Waals surface area contributed by atoms with Gasteiger partial charge in [0.05, 0.1) is 24.4 Å². The second kappa shape index (κ2) is 13.4. The molecule has 0 aliphatic rings. The molecule has 2 rings (SSSR count). The number of ether oxygens (including phenoxy) is 3. The number of nitrogens with one attached hydrogen (secondary N) is 2. The van der Waals surface area contributed by atoms with Gasteiger partial charge in [-0.15, -0.1) is 0 Å². The van der Waals surface area contributed by atoms with Crippen LogP contribution in [0.25, 0.3) is 0 Å². The van der Waals surface area contributed by atoms with Crippen LogP contribution in [-0.4, -0.2) is 50.4 Å². The minimum Gasteiger partial charge on any atom is -0.490 e. The van der Waals surface area contributed by atoms with Crippen LogP contribution >= 0.6 is 15.9 Å². The Kier molecular flexibility index (Phi) is 10.7. The van der Waals surface area contributed by atoms with Crippen LogP contribution in [0.2, 0.25) is 0 Å². The third kappa shape index (κ3) is 8.36. The van der Waals surface area contributed by atoms with Crippen LogP contribution in [0.4, 0.5) is 4.39 Å². The molecule has 1 unspecified atom stereocenters. The lowest BCUT2D eigenvalue weighted by Gasteiger charge is -2.20. The van der Waals surface area contributed by atoms with Crippen molar-refractivity contribution < 1.29 is 33.0 Å². The number of hydrogen-bond acceptors (Lipinski definition) is 7. The van der Waals surface area contributed by atoms with E-state index >= 15 is 0 Å². The van der Waals surface area contributed by atoms with Crippen LogP contribution in [0.5, 0.6) is 11.5 Å². The highest BCUT2D eigenvalue weighted by atomic mass is 79.9. The molecule has 11 heteroatoms. The molecule has 2 amide bonds. The molecular weight excluding hydrogens is 525 g/mol. The zero-order valence-electron chi connectivity index (χ0n) is 19.8. The lowest BCUT2D eigenvalue weighted by Crippen LogP contribution is -2.48. The van der Waals surface area contributed by atoms with Gasteiger partial charge in [-0.2, -0.15) is 5.10 Å². The first-order valence-corrected chi connectivity index (χ1v) is 11.5. The highest BCUT2D eigenvalue weighted by molar-refractivity contribution is 9.10. The van der Waals surface area contributed by atoms with E-state index in [0.29, 0.717) is 28.1 Å². The molecule has 0 saturated carbocycles. The van der Waals surface area contributed by atoms with Crippen LogP contribution < -0.4 is 20.2 Å². The quantitative estimate of drug-likeness (QED) is 0.251. The molecule has 0 spiro atoms. The molecule has 0 saturated heterocycles. The maximum Gasteiger partial charge on any atom is 0.343 e. The van der Waals surface area contributed by atoms with Gasteiger partial charge in [0.15, 0.2) is 18.1 Å². The van der Waals surface area contributed by atoms with E-state index in [2.05, 4.69) is 36.5 Å². The minimum atomic E-state index is -0.871. The van der Waals surface area contributed by atoms with Gasteiger partial charge in [0.2, 0.25) is 0 Å². The summed E-state index contributed by atoms with van der Waals surface area (Å²) in [6, 6.07) is 7.45. The Morgan fingerprint density at radius 3 is 2.43 bits per heavy atom. The van der Waals surface area contributed by atoms with E-state index in [-0.39, 0.29) is 18.1 Å². The maximum absolute atomic E-state index is 13.1. The van der Waals surface area contributed by atoms with Gasteiger partial charge in [-0.3, -0.25) is 9.59 Å². The SMILES string of the molecule is CCOc1cc(/C=N/NC(=O)C(NC(=O)c2ccc(F)cc2)C(C)C)cc(Br)c1OCC(=O)OC. The van der Waals surface area contributed by atoms with E-state index in [1.807, 2.05) is 0 Å². The van der Waals surface area contributed by atoms with Gasteiger partial charge in [-0.05, 0) is 70.7 Å². The Labute approximate surface area is 211 Å². The third-order valence-electron chi connectivity index (χ3n) is 4.62. The third-order valence-corrected chi connectivity index (χ3v) is 5.21. The van der Waals surface area contributed by atoms with E-state index in [1.165, 1.54) is 37.6 Å². The first-order chi connectivity index (χ1) is 16.7. The predicted molar refractivity (Wildman–Crippen MR) is 131 cm³/mol. The first-order valence-electron chi connectivity index (χ1n) is 10.7. The van der Waals surface area contributed by atoms with Crippen molar-refractivity contribution in [2.75, 3.05) is 20.3 Å². The topological polar surface area (TPSA) is 115 Å². The zero-order valence-corrected chi connectivity index (χ0v) is 21.3. The summed E-state index contributed by atoms with van der Waals surface area (Å²) in [5.74, 6) is -1.58. The molecule has 0 aliphatic heterocycles. The molecule has 0 radical (unpaired) electrons. The van der Waals surface area contributed by atoms with Crippen LogP contribution in [0.15, 0.2) is 46.0 Å². The van der Waals surface area contributed by atoms with E-state index in [9.17, 15) is 18.8 Å². The fourth-order valence-electron chi connectivity index (χ4n) is 2.86. The molecule has 0 fully saturated rings. The molecule has 1 atom stereocenters. The second-order valence-electron chi connectivity index (χ2n) is 7.56. The Morgan fingerprint density at radius 1 is 1.14 bits per heavy atom. The molecule has 35 heavy (non-hydrogen) atoms. The van der Waals surface area contributed by atoms with Crippen molar-refractivity contribution >= 4 is 39.9 Å². The molecule has 0 bridgehead atoms. The molecule has 0 aliphatic carbocycles. The molecule has 0 aromatic heterocycles.